The number of carbonyl (C=O) groups excluding carboxylic acids is 1. The van der Waals surface area contributed by atoms with Crippen molar-refractivity contribution in [2.45, 2.75) is 19.4 Å². The topological polar surface area (TPSA) is 51.7 Å². The molecule has 0 N–H and O–H groups in total. The van der Waals surface area contributed by atoms with Crippen molar-refractivity contribution >= 4 is 5.91 Å². The molecular formula is C24H24N2O3. The molecule has 2 heterocycles. The summed E-state index contributed by atoms with van der Waals surface area (Å²) in [6.07, 6.45) is 4.42. The fourth-order valence-corrected chi connectivity index (χ4v) is 4.01. The summed E-state index contributed by atoms with van der Waals surface area (Å²) >= 11 is 0. The summed E-state index contributed by atoms with van der Waals surface area (Å²) in [7, 11) is 3.16. The molecule has 0 bridgehead atoms. The number of aryl methyl sites for hydroxylation is 1. The molecule has 3 aromatic rings. The molecule has 1 unspecified atom stereocenters. The van der Waals surface area contributed by atoms with Gasteiger partial charge in [0, 0.05) is 24.5 Å². The van der Waals surface area contributed by atoms with E-state index in [0.717, 1.165) is 17.5 Å². The molecule has 2 aromatic carbocycles. The zero-order valence-corrected chi connectivity index (χ0v) is 16.9. The third-order valence-corrected chi connectivity index (χ3v) is 5.42. The highest BCUT2D eigenvalue weighted by Crippen LogP contribution is 2.37. The number of carbonyl (C=O) groups is 1. The van der Waals surface area contributed by atoms with Crippen molar-refractivity contribution in [3.05, 3.63) is 88.7 Å². The first kappa shape index (κ1) is 19.0. The van der Waals surface area contributed by atoms with Crippen LogP contribution in [0.2, 0.25) is 0 Å². The van der Waals surface area contributed by atoms with Crippen molar-refractivity contribution in [1.82, 2.24) is 9.88 Å². The molecule has 148 valence electrons. The lowest BCUT2D eigenvalue weighted by atomic mass is 9.87. The Morgan fingerprint density at radius 2 is 1.90 bits per heavy atom. The summed E-state index contributed by atoms with van der Waals surface area (Å²) in [4.78, 5) is 19.8. The highest BCUT2D eigenvalue weighted by Gasteiger charge is 2.33. The van der Waals surface area contributed by atoms with Crippen LogP contribution in [0, 0.1) is 6.92 Å². The molecule has 0 fully saturated rings. The maximum absolute atomic E-state index is 13.5. The van der Waals surface area contributed by atoms with Crippen molar-refractivity contribution in [2.75, 3.05) is 20.8 Å². The average molecular weight is 388 g/mol. The Labute approximate surface area is 170 Å². The smallest absolute Gasteiger partial charge is 0.254 e. The minimum absolute atomic E-state index is 0.0361. The Kier molecular flexibility index (Phi) is 5.21. The van der Waals surface area contributed by atoms with Crippen LogP contribution in [0.1, 0.15) is 38.7 Å². The Hall–Kier alpha value is -3.34. The molecule has 1 amide bonds. The molecule has 0 saturated carbocycles. The van der Waals surface area contributed by atoms with Crippen molar-refractivity contribution in [3.63, 3.8) is 0 Å². The minimum Gasteiger partial charge on any atom is -0.493 e. The fraction of sp³-hybridized carbons (Fsp3) is 0.250. The number of rotatable bonds is 4. The molecule has 1 atom stereocenters. The number of benzene rings is 2. The van der Waals surface area contributed by atoms with Crippen LogP contribution in [0.3, 0.4) is 0 Å². The van der Waals surface area contributed by atoms with Gasteiger partial charge in [0.2, 0.25) is 0 Å². The number of nitrogens with zero attached hydrogens (tertiary/aromatic N) is 2. The molecule has 5 heteroatoms. The average Bonchev–Trinajstić information content (AvgIpc) is 2.77. The molecule has 29 heavy (non-hydrogen) atoms. The Balaban J connectivity index is 1.77. The normalized spacial score (nSPS) is 15.6. The van der Waals surface area contributed by atoms with Crippen molar-refractivity contribution in [3.8, 4) is 11.5 Å². The molecule has 0 saturated heterocycles. The van der Waals surface area contributed by atoms with Gasteiger partial charge in [0.25, 0.3) is 5.91 Å². The van der Waals surface area contributed by atoms with E-state index in [1.54, 1.807) is 38.6 Å². The van der Waals surface area contributed by atoms with Crippen LogP contribution in [-0.4, -0.2) is 36.6 Å². The van der Waals surface area contributed by atoms with Crippen LogP contribution in [0.5, 0.6) is 11.5 Å². The maximum atomic E-state index is 13.5. The van der Waals surface area contributed by atoms with E-state index in [0.29, 0.717) is 23.6 Å². The van der Waals surface area contributed by atoms with Gasteiger partial charge >= 0.3 is 0 Å². The summed E-state index contributed by atoms with van der Waals surface area (Å²) in [5.74, 6) is 1.11. The number of ether oxygens (including phenoxy) is 2. The van der Waals surface area contributed by atoms with Crippen LogP contribution >= 0.6 is 0 Å². The van der Waals surface area contributed by atoms with Gasteiger partial charge in [-0.2, -0.15) is 0 Å². The molecule has 4 rings (SSSR count). The lowest BCUT2D eigenvalue weighted by Crippen LogP contribution is -2.40. The van der Waals surface area contributed by atoms with Gasteiger partial charge in [-0.1, -0.05) is 29.8 Å². The summed E-state index contributed by atoms with van der Waals surface area (Å²) in [6, 6.07) is 15.5. The second-order valence-corrected chi connectivity index (χ2v) is 7.21. The Morgan fingerprint density at radius 1 is 1.07 bits per heavy atom. The highest BCUT2D eigenvalue weighted by molar-refractivity contribution is 5.95. The van der Waals surface area contributed by atoms with Crippen molar-refractivity contribution in [2.24, 2.45) is 0 Å². The largest absolute Gasteiger partial charge is 0.493 e. The van der Waals surface area contributed by atoms with Gasteiger partial charge in [-0.15, -0.1) is 0 Å². The summed E-state index contributed by atoms with van der Waals surface area (Å²) in [5.41, 5.74) is 5.26. The van der Waals surface area contributed by atoms with Crippen LogP contribution in [-0.2, 0) is 6.42 Å². The van der Waals surface area contributed by atoms with Gasteiger partial charge in [0.05, 0.1) is 20.3 Å². The predicted molar refractivity (Wildman–Crippen MR) is 112 cm³/mol. The first-order valence-corrected chi connectivity index (χ1v) is 9.64. The molecule has 0 aliphatic carbocycles. The van der Waals surface area contributed by atoms with E-state index in [2.05, 4.69) is 30.1 Å². The summed E-state index contributed by atoms with van der Waals surface area (Å²) in [5, 5.41) is 0. The van der Waals surface area contributed by atoms with Crippen molar-refractivity contribution < 1.29 is 14.3 Å². The van der Waals surface area contributed by atoms with Gasteiger partial charge in [0.1, 0.15) is 0 Å². The molecule has 1 aliphatic rings. The quantitative estimate of drug-likeness (QED) is 0.672. The molecule has 5 nitrogen and oxygen atoms in total. The zero-order valence-electron chi connectivity index (χ0n) is 16.9. The standard InChI is InChI=1S/C24H24N2O3/c1-16-6-8-20-17(13-16)10-12-26(23(20)19-5-4-11-25-15-19)24(27)18-7-9-21(28-2)22(14-18)29-3/h4-9,11,13-15,23H,10,12H2,1-3H3. The van der Waals surface area contributed by atoms with E-state index < -0.39 is 0 Å². The van der Waals surface area contributed by atoms with E-state index in [1.807, 2.05) is 23.2 Å². The first-order valence-electron chi connectivity index (χ1n) is 9.64. The van der Waals surface area contributed by atoms with Gasteiger partial charge in [0.15, 0.2) is 11.5 Å². The maximum Gasteiger partial charge on any atom is 0.254 e. The Morgan fingerprint density at radius 3 is 2.62 bits per heavy atom. The second kappa shape index (κ2) is 7.95. The van der Waals surface area contributed by atoms with E-state index in [4.69, 9.17) is 9.47 Å². The summed E-state index contributed by atoms with van der Waals surface area (Å²) < 4.78 is 10.7. The third-order valence-electron chi connectivity index (χ3n) is 5.42. The van der Waals surface area contributed by atoms with Gasteiger partial charge in [-0.25, -0.2) is 0 Å². The number of pyridine rings is 1. The number of methoxy groups -OCH3 is 2. The van der Waals surface area contributed by atoms with Crippen LogP contribution in [0.4, 0.5) is 0 Å². The van der Waals surface area contributed by atoms with E-state index in [-0.39, 0.29) is 11.9 Å². The monoisotopic (exact) mass is 388 g/mol. The van der Waals surface area contributed by atoms with Crippen LogP contribution in [0.15, 0.2) is 60.9 Å². The summed E-state index contributed by atoms with van der Waals surface area (Å²) in [6.45, 7) is 2.74. The molecule has 1 aliphatic heterocycles. The number of amides is 1. The lowest BCUT2D eigenvalue weighted by molar-refractivity contribution is 0.0694. The highest BCUT2D eigenvalue weighted by atomic mass is 16.5. The van der Waals surface area contributed by atoms with Gasteiger partial charge < -0.3 is 14.4 Å². The molecular weight excluding hydrogens is 364 g/mol. The molecule has 0 radical (unpaired) electrons. The molecule has 0 spiro atoms. The SMILES string of the molecule is COc1ccc(C(=O)N2CCc3cc(C)ccc3C2c2cccnc2)cc1OC. The van der Waals surface area contributed by atoms with E-state index in [1.165, 1.54) is 11.1 Å². The van der Waals surface area contributed by atoms with E-state index in [9.17, 15) is 4.79 Å². The van der Waals surface area contributed by atoms with E-state index >= 15 is 0 Å². The van der Waals surface area contributed by atoms with Crippen molar-refractivity contribution in [1.29, 1.82) is 0 Å². The first-order chi connectivity index (χ1) is 14.1. The number of hydrogen-bond acceptors (Lipinski definition) is 4. The number of hydrogen-bond donors (Lipinski definition) is 0. The Bertz CT molecular complexity index is 1030. The number of aromatic nitrogens is 1. The number of fused-ring (bicyclic) bond motifs is 1. The van der Waals surface area contributed by atoms with Crippen LogP contribution < -0.4 is 9.47 Å². The lowest BCUT2D eigenvalue weighted by Gasteiger charge is -2.38. The van der Waals surface area contributed by atoms with Gasteiger partial charge in [-0.3, -0.25) is 9.78 Å². The predicted octanol–water partition coefficient (Wildman–Crippen LogP) is 4.20. The van der Waals surface area contributed by atoms with Gasteiger partial charge in [-0.05, 0) is 54.3 Å². The second-order valence-electron chi connectivity index (χ2n) is 7.21. The zero-order chi connectivity index (χ0) is 20.4. The third kappa shape index (κ3) is 3.56. The molecule has 1 aromatic heterocycles. The minimum atomic E-state index is -0.173. The fourth-order valence-electron chi connectivity index (χ4n) is 4.01. The van der Waals surface area contributed by atoms with Crippen LogP contribution in [0.25, 0.3) is 0 Å².